The fraction of sp³-hybridized carbons (Fsp3) is 0.200. The van der Waals surface area contributed by atoms with Crippen molar-refractivity contribution in [2.45, 2.75) is 20.3 Å². The molecule has 0 unspecified atom stereocenters. The molecule has 0 N–H and O–H groups in total. The first-order chi connectivity index (χ1) is 9.61. The fourth-order valence-corrected chi connectivity index (χ4v) is 3.84. The van der Waals surface area contributed by atoms with Gasteiger partial charge in [-0.05, 0) is 38.1 Å². The Bertz CT molecular complexity index is 729. The molecule has 0 spiro atoms. The number of thiazole rings is 2. The number of aromatic nitrogens is 2. The maximum Gasteiger partial charge on any atom is 0.123 e. The molecule has 0 atom stereocenters. The molecular weight excluding hydrogens is 291 g/mol. The van der Waals surface area contributed by atoms with Crippen molar-refractivity contribution in [3.05, 3.63) is 56.0 Å². The van der Waals surface area contributed by atoms with Gasteiger partial charge in [0.1, 0.15) is 10.8 Å². The van der Waals surface area contributed by atoms with Gasteiger partial charge in [-0.3, -0.25) is 0 Å². The van der Waals surface area contributed by atoms with Crippen molar-refractivity contribution >= 4 is 22.7 Å². The number of aryl methyl sites for hydroxylation is 2. The highest BCUT2D eigenvalue weighted by Crippen LogP contribution is 2.29. The number of benzene rings is 1. The number of hydrogen-bond donors (Lipinski definition) is 0. The van der Waals surface area contributed by atoms with E-state index in [9.17, 15) is 4.39 Å². The highest BCUT2D eigenvalue weighted by molar-refractivity contribution is 7.12. The van der Waals surface area contributed by atoms with Crippen molar-refractivity contribution in [1.29, 1.82) is 0 Å². The van der Waals surface area contributed by atoms with E-state index in [1.54, 1.807) is 34.8 Å². The van der Waals surface area contributed by atoms with Crippen molar-refractivity contribution in [1.82, 2.24) is 9.97 Å². The maximum absolute atomic E-state index is 13.0. The van der Waals surface area contributed by atoms with E-state index in [0.29, 0.717) is 0 Å². The Morgan fingerprint density at radius 3 is 2.45 bits per heavy atom. The van der Waals surface area contributed by atoms with E-state index in [4.69, 9.17) is 0 Å². The summed E-state index contributed by atoms with van der Waals surface area (Å²) in [5, 5.41) is 4.19. The van der Waals surface area contributed by atoms with Crippen LogP contribution in [0, 0.1) is 19.7 Å². The summed E-state index contributed by atoms with van der Waals surface area (Å²) < 4.78 is 13.0. The van der Waals surface area contributed by atoms with Crippen molar-refractivity contribution in [3.63, 3.8) is 0 Å². The standard InChI is InChI=1S/C15H13FN2S2/c1-9-8-19-13(17-9)7-14-18-15(10(2)20-14)11-3-5-12(16)6-4-11/h3-6,8H,7H2,1-2H3. The van der Waals surface area contributed by atoms with Gasteiger partial charge in [-0.2, -0.15) is 0 Å². The SMILES string of the molecule is Cc1csc(Cc2nc(-c3ccc(F)cc3)c(C)s2)n1. The van der Waals surface area contributed by atoms with Crippen molar-refractivity contribution in [3.8, 4) is 11.3 Å². The zero-order valence-corrected chi connectivity index (χ0v) is 12.8. The second-order valence-corrected chi connectivity index (χ2v) is 6.81. The van der Waals surface area contributed by atoms with Gasteiger partial charge in [0.2, 0.25) is 0 Å². The molecule has 0 radical (unpaired) electrons. The third-order valence-electron chi connectivity index (χ3n) is 2.93. The molecule has 3 aromatic rings. The Morgan fingerprint density at radius 2 is 1.80 bits per heavy atom. The summed E-state index contributed by atoms with van der Waals surface area (Å²) >= 11 is 3.34. The molecule has 0 aliphatic rings. The van der Waals surface area contributed by atoms with Crippen LogP contribution in [0.3, 0.4) is 0 Å². The second-order valence-electron chi connectivity index (χ2n) is 4.58. The Labute approximate surface area is 125 Å². The molecule has 20 heavy (non-hydrogen) atoms. The van der Waals surface area contributed by atoms with Gasteiger partial charge in [0, 0.05) is 21.5 Å². The summed E-state index contributed by atoms with van der Waals surface area (Å²) in [7, 11) is 0. The van der Waals surface area contributed by atoms with E-state index < -0.39 is 0 Å². The largest absolute Gasteiger partial charge is 0.246 e. The Balaban J connectivity index is 1.89. The molecule has 1 aromatic carbocycles. The van der Waals surface area contributed by atoms with Crippen LogP contribution >= 0.6 is 22.7 Å². The highest BCUT2D eigenvalue weighted by atomic mass is 32.1. The molecule has 2 heterocycles. The van der Waals surface area contributed by atoms with Gasteiger partial charge in [0.15, 0.2) is 0 Å². The minimum absolute atomic E-state index is 0.222. The molecular formula is C15H13FN2S2. The summed E-state index contributed by atoms with van der Waals surface area (Å²) in [6.45, 7) is 4.05. The van der Waals surface area contributed by atoms with Crippen LogP contribution in [0.2, 0.25) is 0 Å². The summed E-state index contributed by atoms with van der Waals surface area (Å²) in [5.74, 6) is -0.222. The van der Waals surface area contributed by atoms with Crippen molar-refractivity contribution < 1.29 is 4.39 Å². The van der Waals surface area contributed by atoms with Gasteiger partial charge in [-0.1, -0.05) is 0 Å². The van der Waals surface area contributed by atoms with Crippen LogP contribution in [-0.2, 0) is 6.42 Å². The lowest BCUT2D eigenvalue weighted by Gasteiger charge is -1.97. The van der Waals surface area contributed by atoms with E-state index in [1.165, 1.54) is 12.1 Å². The van der Waals surface area contributed by atoms with Crippen molar-refractivity contribution in [2.75, 3.05) is 0 Å². The van der Waals surface area contributed by atoms with E-state index in [2.05, 4.69) is 15.3 Å². The lowest BCUT2D eigenvalue weighted by molar-refractivity contribution is 0.628. The topological polar surface area (TPSA) is 25.8 Å². The molecule has 0 aliphatic carbocycles. The predicted molar refractivity (Wildman–Crippen MR) is 81.9 cm³/mol. The van der Waals surface area contributed by atoms with Crippen LogP contribution in [-0.4, -0.2) is 9.97 Å². The zero-order chi connectivity index (χ0) is 14.1. The van der Waals surface area contributed by atoms with Crippen LogP contribution in [0.15, 0.2) is 29.6 Å². The quantitative estimate of drug-likeness (QED) is 0.706. The van der Waals surface area contributed by atoms with Gasteiger partial charge in [-0.15, -0.1) is 22.7 Å². The first-order valence-electron chi connectivity index (χ1n) is 6.25. The molecule has 2 nitrogen and oxygen atoms in total. The minimum atomic E-state index is -0.222. The first-order valence-corrected chi connectivity index (χ1v) is 7.94. The number of rotatable bonds is 3. The second kappa shape index (κ2) is 5.42. The fourth-order valence-electron chi connectivity index (χ4n) is 2.02. The normalized spacial score (nSPS) is 10.9. The predicted octanol–water partition coefficient (Wildman–Crippen LogP) is 4.61. The summed E-state index contributed by atoms with van der Waals surface area (Å²) in [6.07, 6.45) is 0.769. The number of nitrogens with zero attached hydrogens (tertiary/aromatic N) is 2. The van der Waals surface area contributed by atoms with Gasteiger partial charge in [-0.25, -0.2) is 14.4 Å². The van der Waals surface area contributed by atoms with Crippen LogP contribution < -0.4 is 0 Å². The van der Waals surface area contributed by atoms with Gasteiger partial charge < -0.3 is 0 Å². The smallest absolute Gasteiger partial charge is 0.123 e. The number of hydrogen-bond acceptors (Lipinski definition) is 4. The molecule has 102 valence electrons. The Hall–Kier alpha value is -1.59. The van der Waals surface area contributed by atoms with E-state index in [-0.39, 0.29) is 5.82 Å². The Morgan fingerprint density at radius 1 is 1.05 bits per heavy atom. The molecule has 5 heteroatoms. The molecule has 0 saturated carbocycles. The molecule has 0 fully saturated rings. The van der Waals surface area contributed by atoms with E-state index in [1.807, 2.05) is 13.8 Å². The minimum Gasteiger partial charge on any atom is -0.246 e. The monoisotopic (exact) mass is 304 g/mol. The van der Waals surface area contributed by atoms with Gasteiger partial charge >= 0.3 is 0 Å². The average Bonchev–Trinajstić information content (AvgIpc) is 2.97. The van der Waals surface area contributed by atoms with Crippen LogP contribution in [0.1, 0.15) is 20.6 Å². The molecule has 0 saturated heterocycles. The zero-order valence-electron chi connectivity index (χ0n) is 11.2. The summed E-state index contributed by atoms with van der Waals surface area (Å²) in [6, 6.07) is 6.49. The first kappa shape index (κ1) is 13.4. The molecule has 0 amide bonds. The average molecular weight is 304 g/mol. The van der Waals surface area contributed by atoms with Crippen molar-refractivity contribution in [2.24, 2.45) is 0 Å². The molecule has 2 aromatic heterocycles. The highest BCUT2D eigenvalue weighted by Gasteiger charge is 2.11. The van der Waals surface area contributed by atoms with Crippen LogP contribution in [0.4, 0.5) is 4.39 Å². The molecule has 0 aliphatic heterocycles. The lowest BCUT2D eigenvalue weighted by atomic mass is 10.1. The maximum atomic E-state index is 13.0. The van der Waals surface area contributed by atoms with Gasteiger partial charge in [0.05, 0.1) is 17.1 Å². The van der Waals surface area contributed by atoms with Crippen LogP contribution in [0.5, 0.6) is 0 Å². The van der Waals surface area contributed by atoms with E-state index >= 15 is 0 Å². The molecule has 3 rings (SSSR count). The third kappa shape index (κ3) is 2.78. The lowest BCUT2D eigenvalue weighted by Crippen LogP contribution is -1.87. The summed E-state index contributed by atoms with van der Waals surface area (Å²) in [5.41, 5.74) is 2.96. The summed E-state index contributed by atoms with van der Waals surface area (Å²) in [4.78, 5) is 10.3. The number of halogens is 1. The third-order valence-corrected chi connectivity index (χ3v) is 4.87. The Kier molecular flexibility index (Phi) is 3.63. The van der Waals surface area contributed by atoms with Crippen LogP contribution in [0.25, 0.3) is 11.3 Å². The van der Waals surface area contributed by atoms with Gasteiger partial charge in [0.25, 0.3) is 0 Å². The van der Waals surface area contributed by atoms with E-state index in [0.717, 1.165) is 38.3 Å². The molecule has 0 bridgehead atoms.